The number of rotatable bonds is 5. The third-order valence-corrected chi connectivity index (χ3v) is 4.54. The number of hydrogen-bond acceptors (Lipinski definition) is 5. The number of phenolic OH excluding ortho intramolecular Hbond substituents is 1. The van der Waals surface area contributed by atoms with Crippen LogP contribution in [0, 0.1) is 0 Å². The molecule has 1 aliphatic heterocycles. The largest absolute Gasteiger partial charge is 0.507 e. The Morgan fingerprint density at radius 2 is 2.15 bits per heavy atom. The van der Waals surface area contributed by atoms with Gasteiger partial charge in [-0.05, 0) is 42.7 Å². The zero-order valence-electron chi connectivity index (χ0n) is 15.2. The summed E-state index contributed by atoms with van der Waals surface area (Å²) in [5, 5.41) is 12.8. The third-order valence-electron chi connectivity index (χ3n) is 4.54. The maximum Gasteiger partial charge on any atom is 0.255 e. The van der Waals surface area contributed by atoms with Crippen LogP contribution in [-0.2, 0) is 17.7 Å². The number of amides is 1. The molecule has 2 aromatic rings. The van der Waals surface area contributed by atoms with Crippen molar-refractivity contribution in [3.8, 4) is 5.75 Å². The first-order valence-electron chi connectivity index (χ1n) is 8.98. The first-order valence-corrected chi connectivity index (χ1v) is 8.98. The van der Waals surface area contributed by atoms with Gasteiger partial charge in [-0.3, -0.25) is 4.79 Å². The molecule has 0 spiro atoms. The Kier molecular flexibility index (Phi) is 5.73. The van der Waals surface area contributed by atoms with Crippen LogP contribution in [0.25, 0.3) is 0 Å². The second-order valence-electron chi connectivity index (χ2n) is 6.54. The number of benzene rings is 1. The highest BCUT2D eigenvalue weighted by Gasteiger charge is 2.18. The van der Waals surface area contributed by atoms with E-state index >= 15 is 0 Å². The number of morpholine rings is 1. The predicted molar refractivity (Wildman–Crippen MR) is 101 cm³/mol. The van der Waals surface area contributed by atoms with Crippen molar-refractivity contribution in [1.82, 2.24) is 10.3 Å². The number of carbonyl (C=O) groups is 1. The number of hydrogen-bond donors (Lipinski definition) is 2. The van der Waals surface area contributed by atoms with Crippen LogP contribution in [0.2, 0.25) is 0 Å². The zero-order chi connectivity index (χ0) is 18.5. The molecule has 1 unspecified atom stereocenters. The van der Waals surface area contributed by atoms with Crippen molar-refractivity contribution < 1.29 is 14.6 Å². The Labute approximate surface area is 153 Å². The van der Waals surface area contributed by atoms with E-state index in [4.69, 9.17) is 4.74 Å². The number of aromatic nitrogens is 1. The van der Waals surface area contributed by atoms with Gasteiger partial charge in [0.05, 0.1) is 18.3 Å². The number of carbonyl (C=O) groups excluding carboxylic acids is 1. The summed E-state index contributed by atoms with van der Waals surface area (Å²) in [6.07, 6.45) is 2.79. The first kappa shape index (κ1) is 18.2. The van der Waals surface area contributed by atoms with Crippen LogP contribution in [0.4, 0.5) is 5.82 Å². The highest BCUT2D eigenvalue weighted by atomic mass is 16.5. The maximum absolute atomic E-state index is 12.3. The van der Waals surface area contributed by atoms with Crippen LogP contribution in [0.3, 0.4) is 0 Å². The number of ether oxygens (including phenoxy) is 1. The van der Waals surface area contributed by atoms with Gasteiger partial charge in [-0.1, -0.05) is 19.1 Å². The summed E-state index contributed by atoms with van der Waals surface area (Å²) in [5.41, 5.74) is 2.23. The number of nitrogens with one attached hydrogen (secondary N) is 1. The van der Waals surface area contributed by atoms with Crippen LogP contribution in [-0.4, -0.2) is 41.8 Å². The van der Waals surface area contributed by atoms with Gasteiger partial charge in [0.2, 0.25) is 0 Å². The van der Waals surface area contributed by atoms with Gasteiger partial charge in [0, 0.05) is 25.8 Å². The molecule has 26 heavy (non-hydrogen) atoms. The standard InChI is InChI=1S/C20H25N3O3/c1-3-15-4-6-18(24)17(10-15)20(25)22-12-16-5-7-19(21-11-16)23-8-9-26-14(2)13-23/h4-7,10-11,14,24H,3,8-9,12-13H2,1-2H3,(H,22,25). The minimum Gasteiger partial charge on any atom is -0.507 e. The molecule has 0 bridgehead atoms. The van der Waals surface area contributed by atoms with Gasteiger partial charge in [0.1, 0.15) is 11.6 Å². The van der Waals surface area contributed by atoms with E-state index in [0.29, 0.717) is 18.7 Å². The van der Waals surface area contributed by atoms with Crippen molar-refractivity contribution in [1.29, 1.82) is 0 Å². The average molecular weight is 355 g/mol. The molecule has 2 N–H and O–H groups in total. The second kappa shape index (κ2) is 8.19. The first-order chi connectivity index (χ1) is 12.6. The smallest absolute Gasteiger partial charge is 0.255 e. The molecule has 138 valence electrons. The molecule has 2 heterocycles. The topological polar surface area (TPSA) is 74.7 Å². The Hall–Kier alpha value is -2.60. The van der Waals surface area contributed by atoms with Crippen LogP contribution >= 0.6 is 0 Å². The molecule has 1 fully saturated rings. The molecular weight excluding hydrogens is 330 g/mol. The number of anilines is 1. The predicted octanol–water partition coefficient (Wildman–Crippen LogP) is 2.50. The molecular formula is C20H25N3O3. The fourth-order valence-electron chi connectivity index (χ4n) is 3.00. The summed E-state index contributed by atoms with van der Waals surface area (Å²) in [4.78, 5) is 19.0. The molecule has 0 aliphatic carbocycles. The molecule has 1 aromatic carbocycles. The lowest BCUT2D eigenvalue weighted by Gasteiger charge is -2.32. The summed E-state index contributed by atoms with van der Waals surface area (Å²) in [7, 11) is 0. The van der Waals surface area contributed by atoms with Crippen molar-refractivity contribution in [3.05, 3.63) is 53.2 Å². The lowest BCUT2D eigenvalue weighted by molar-refractivity contribution is 0.0529. The second-order valence-corrected chi connectivity index (χ2v) is 6.54. The van der Waals surface area contributed by atoms with E-state index in [1.807, 2.05) is 25.1 Å². The van der Waals surface area contributed by atoms with E-state index in [1.165, 1.54) is 0 Å². The molecule has 1 saturated heterocycles. The van der Waals surface area contributed by atoms with Crippen molar-refractivity contribution in [3.63, 3.8) is 0 Å². The summed E-state index contributed by atoms with van der Waals surface area (Å²) in [6.45, 7) is 6.80. The Morgan fingerprint density at radius 1 is 1.35 bits per heavy atom. The summed E-state index contributed by atoms with van der Waals surface area (Å²) >= 11 is 0. The molecule has 1 amide bonds. The lowest BCUT2D eigenvalue weighted by Crippen LogP contribution is -2.41. The molecule has 1 aromatic heterocycles. The fourth-order valence-corrected chi connectivity index (χ4v) is 3.00. The van der Waals surface area contributed by atoms with Crippen LogP contribution in [0.5, 0.6) is 5.75 Å². The van der Waals surface area contributed by atoms with Gasteiger partial charge in [0.15, 0.2) is 0 Å². The molecule has 6 heteroatoms. The van der Waals surface area contributed by atoms with Crippen molar-refractivity contribution in [2.24, 2.45) is 0 Å². The van der Waals surface area contributed by atoms with Crippen LogP contribution < -0.4 is 10.2 Å². The highest BCUT2D eigenvalue weighted by molar-refractivity contribution is 5.96. The van der Waals surface area contributed by atoms with Crippen molar-refractivity contribution in [2.45, 2.75) is 32.9 Å². The van der Waals surface area contributed by atoms with Gasteiger partial charge in [-0.15, -0.1) is 0 Å². The summed E-state index contributed by atoms with van der Waals surface area (Å²) in [6, 6.07) is 9.04. The number of aromatic hydroxyl groups is 1. The Bertz CT molecular complexity index is 761. The Balaban J connectivity index is 1.60. The van der Waals surface area contributed by atoms with Gasteiger partial charge in [-0.2, -0.15) is 0 Å². The maximum atomic E-state index is 12.3. The fraction of sp³-hybridized carbons (Fsp3) is 0.400. The minimum atomic E-state index is -0.288. The number of pyridine rings is 1. The SMILES string of the molecule is CCc1ccc(O)c(C(=O)NCc2ccc(N3CCOC(C)C3)nc2)c1. The van der Waals surface area contributed by atoms with E-state index in [0.717, 1.165) is 36.5 Å². The van der Waals surface area contributed by atoms with Gasteiger partial charge in [0.25, 0.3) is 5.91 Å². The molecule has 1 aliphatic rings. The molecule has 3 rings (SSSR count). The number of phenols is 1. The molecule has 0 saturated carbocycles. The summed E-state index contributed by atoms with van der Waals surface area (Å²) in [5.74, 6) is 0.627. The minimum absolute atomic E-state index is 0.00499. The Morgan fingerprint density at radius 3 is 2.85 bits per heavy atom. The van der Waals surface area contributed by atoms with Gasteiger partial charge < -0.3 is 20.1 Å². The number of nitrogens with zero attached hydrogens (tertiary/aromatic N) is 2. The van der Waals surface area contributed by atoms with E-state index in [2.05, 4.69) is 22.1 Å². The summed E-state index contributed by atoms with van der Waals surface area (Å²) < 4.78 is 5.55. The molecule has 0 radical (unpaired) electrons. The van der Waals surface area contributed by atoms with Crippen LogP contribution in [0.1, 0.15) is 35.3 Å². The van der Waals surface area contributed by atoms with Gasteiger partial charge >= 0.3 is 0 Å². The van der Waals surface area contributed by atoms with E-state index in [-0.39, 0.29) is 17.8 Å². The van der Waals surface area contributed by atoms with E-state index in [1.54, 1.807) is 18.3 Å². The molecule has 6 nitrogen and oxygen atoms in total. The quantitative estimate of drug-likeness (QED) is 0.862. The van der Waals surface area contributed by atoms with E-state index < -0.39 is 0 Å². The number of aryl methyl sites for hydroxylation is 1. The molecule has 1 atom stereocenters. The van der Waals surface area contributed by atoms with Gasteiger partial charge in [-0.25, -0.2) is 4.98 Å². The monoisotopic (exact) mass is 355 g/mol. The average Bonchev–Trinajstić information content (AvgIpc) is 2.67. The third kappa shape index (κ3) is 4.32. The van der Waals surface area contributed by atoms with E-state index in [9.17, 15) is 9.90 Å². The normalized spacial score (nSPS) is 17.2. The van der Waals surface area contributed by atoms with Crippen molar-refractivity contribution >= 4 is 11.7 Å². The highest BCUT2D eigenvalue weighted by Crippen LogP contribution is 2.19. The van der Waals surface area contributed by atoms with Crippen molar-refractivity contribution in [2.75, 3.05) is 24.6 Å². The lowest BCUT2D eigenvalue weighted by atomic mass is 10.1. The van der Waals surface area contributed by atoms with Crippen LogP contribution in [0.15, 0.2) is 36.5 Å². The zero-order valence-corrected chi connectivity index (χ0v) is 15.2.